The van der Waals surface area contributed by atoms with E-state index in [0.29, 0.717) is 41.4 Å². The van der Waals surface area contributed by atoms with Gasteiger partial charge < -0.3 is 15.4 Å². The number of nitrogens with zero attached hydrogens (tertiary/aromatic N) is 1. The van der Waals surface area contributed by atoms with Gasteiger partial charge in [-0.1, -0.05) is 27.7 Å². The average Bonchev–Trinajstić information content (AvgIpc) is 3.34. The van der Waals surface area contributed by atoms with Crippen LogP contribution in [0.3, 0.4) is 0 Å². The number of amides is 2. The lowest BCUT2D eigenvalue weighted by atomic mass is 9.44. The Morgan fingerprint density at radius 2 is 1.70 bits per heavy atom. The van der Waals surface area contributed by atoms with Crippen LogP contribution in [0.5, 0.6) is 0 Å². The summed E-state index contributed by atoms with van der Waals surface area (Å²) in [6.45, 7) is 11.7. The summed E-state index contributed by atoms with van der Waals surface area (Å²) in [6, 6.07) is 0.208. The highest BCUT2D eigenvalue weighted by Gasteiger charge is 2.68. The van der Waals surface area contributed by atoms with Crippen LogP contribution in [-0.2, 0) is 14.3 Å². The van der Waals surface area contributed by atoms with E-state index in [-0.39, 0.29) is 30.0 Å². The quantitative estimate of drug-likeness (QED) is 0.343. The van der Waals surface area contributed by atoms with Crippen LogP contribution in [-0.4, -0.2) is 61.9 Å². The van der Waals surface area contributed by atoms with E-state index in [4.69, 9.17) is 4.74 Å². The Hall–Kier alpha value is -1.18. The van der Waals surface area contributed by atoms with Crippen LogP contribution in [0.15, 0.2) is 0 Å². The molecule has 2 heterocycles. The van der Waals surface area contributed by atoms with Crippen molar-refractivity contribution < 1.29 is 14.3 Å². The summed E-state index contributed by atoms with van der Waals surface area (Å²) in [5.41, 5.74) is 0.703. The molecule has 1 spiro atoms. The van der Waals surface area contributed by atoms with Crippen LogP contribution < -0.4 is 16.0 Å². The van der Waals surface area contributed by atoms with Gasteiger partial charge in [-0.2, -0.15) is 0 Å². The van der Waals surface area contributed by atoms with Crippen LogP contribution >= 0.6 is 0 Å². The molecule has 12 atom stereocenters. The first kappa shape index (κ1) is 28.9. The second-order valence-corrected chi connectivity index (χ2v) is 15.9. The molecule has 40 heavy (non-hydrogen) atoms. The van der Waals surface area contributed by atoms with E-state index in [1.54, 1.807) is 0 Å². The van der Waals surface area contributed by atoms with Crippen LogP contribution in [0.4, 0.5) is 0 Å². The fourth-order valence-electron chi connectivity index (χ4n) is 11.3. The summed E-state index contributed by atoms with van der Waals surface area (Å²) in [4.78, 5) is 26.7. The smallest absolute Gasteiger partial charge is 0.230 e. The third kappa shape index (κ3) is 4.74. The number of hydrogen-bond acceptors (Lipinski definition) is 5. The van der Waals surface area contributed by atoms with Gasteiger partial charge in [0.1, 0.15) is 12.1 Å². The van der Waals surface area contributed by atoms with Gasteiger partial charge in [-0.15, -0.1) is 0 Å². The van der Waals surface area contributed by atoms with Gasteiger partial charge in [0.2, 0.25) is 11.8 Å². The van der Waals surface area contributed by atoms with Crippen LogP contribution in [0.25, 0.3) is 0 Å². The summed E-state index contributed by atoms with van der Waals surface area (Å²) in [7, 11) is 3.80. The minimum absolute atomic E-state index is 0.0735. The fourth-order valence-corrected chi connectivity index (χ4v) is 11.3. The van der Waals surface area contributed by atoms with Crippen LogP contribution in [0, 0.1) is 52.3 Å². The van der Waals surface area contributed by atoms with Crippen molar-refractivity contribution >= 4 is 11.8 Å². The van der Waals surface area contributed by atoms with E-state index < -0.39 is 0 Å². The Kier molecular flexibility index (Phi) is 7.60. The third-order valence-corrected chi connectivity index (χ3v) is 13.4. The largest absolute Gasteiger partial charge is 0.357 e. The third-order valence-electron chi connectivity index (χ3n) is 13.4. The maximum absolute atomic E-state index is 12.6. The number of piperidine rings is 1. The van der Waals surface area contributed by atoms with E-state index in [1.807, 2.05) is 19.0 Å². The first-order valence-corrected chi connectivity index (χ1v) is 16.6. The predicted octanol–water partition coefficient (Wildman–Crippen LogP) is 4.52. The molecule has 2 aliphatic heterocycles. The van der Waals surface area contributed by atoms with Crippen molar-refractivity contribution in [2.75, 3.05) is 27.3 Å². The molecule has 0 aromatic heterocycles. The molecule has 2 saturated heterocycles. The topological polar surface area (TPSA) is 82.7 Å². The van der Waals surface area contributed by atoms with Crippen molar-refractivity contribution in [2.24, 2.45) is 52.3 Å². The highest BCUT2D eigenvalue weighted by molar-refractivity contribution is 5.96. The summed E-state index contributed by atoms with van der Waals surface area (Å²) in [5, 5.41) is 9.93. The highest BCUT2D eigenvalue weighted by Crippen LogP contribution is 2.71. The van der Waals surface area contributed by atoms with E-state index in [2.05, 4.69) is 43.6 Å². The Morgan fingerprint density at radius 3 is 2.42 bits per heavy atom. The number of carbonyl (C=O) groups excluding carboxylic acids is 2. The van der Waals surface area contributed by atoms with E-state index in [9.17, 15) is 9.59 Å². The molecule has 0 aromatic carbocycles. The van der Waals surface area contributed by atoms with Crippen LogP contribution in [0.1, 0.15) is 98.3 Å². The second-order valence-electron chi connectivity index (χ2n) is 15.9. The van der Waals surface area contributed by atoms with E-state index in [0.717, 1.165) is 43.1 Å². The minimum Gasteiger partial charge on any atom is -0.357 e. The van der Waals surface area contributed by atoms with Gasteiger partial charge in [0.25, 0.3) is 0 Å². The first-order chi connectivity index (χ1) is 18.9. The maximum Gasteiger partial charge on any atom is 0.230 e. The predicted molar refractivity (Wildman–Crippen MR) is 157 cm³/mol. The molecule has 0 radical (unpaired) electrons. The van der Waals surface area contributed by atoms with Crippen molar-refractivity contribution in [3.63, 3.8) is 0 Å². The molecule has 4 saturated carbocycles. The summed E-state index contributed by atoms with van der Waals surface area (Å²) in [5.74, 6) is 4.80. The zero-order valence-corrected chi connectivity index (χ0v) is 26.1. The van der Waals surface area contributed by atoms with Gasteiger partial charge in [0, 0.05) is 18.5 Å². The van der Waals surface area contributed by atoms with Gasteiger partial charge in [-0.25, -0.2) is 0 Å². The van der Waals surface area contributed by atoms with Gasteiger partial charge in [0.05, 0.1) is 12.8 Å². The maximum atomic E-state index is 12.6. The minimum atomic E-state index is -0.197. The van der Waals surface area contributed by atoms with Crippen molar-refractivity contribution in [1.29, 1.82) is 0 Å². The molecular weight excluding hydrogens is 500 g/mol. The van der Waals surface area contributed by atoms with Gasteiger partial charge >= 0.3 is 0 Å². The number of rotatable bonds is 5. The Bertz CT molecular complexity index is 979. The standard InChI is InChI=1S/C33H56N4O3/c1-20-9-14-33(35-18-20)21(2)30-27(40-33)16-26-24-8-7-22-15-23(36-29(39)17-28(38)34-19-37(5)6)10-12-31(22,3)25(24)11-13-32(26,30)4/h20-27,30,35H,7-19H2,1-6H3,(H,34,38)(H,36,39)/t20-,21+,22-,23?,24-,25+,26+,27+,30+,31+,32+,33-/m1/s1. The summed E-state index contributed by atoms with van der Waals surface area (Å²) >= 11 is 0. The molecule has 3 N–H and O–H groups in total. The van der Waals surface area contributed by atoms with Crippen molar-refractivity contribution in [1.82, 2.24) is 20.9 Å². The average molecular weight is 557 g/mol. The molecule has 0 aromatic rings. The molecule has 7 nitrogen and oxygen atoms in total. The number of hydrogen-bond donors (Lipinski definition) is 3. The lowest BCUT2D eigenvalue weighted by Gasteiger charge is -2.61. The number of ether oxygens (including phenoxy) is 1. The molecule has 4 aliphatic carbocycles. The molecule has 0 bridgehead atoms. The monoisotopic (exact) mass is 556 g/mol. The SMILES string of the molecule is C[C@@H]1CC[C@@]2(NC1)O[C@H]1C[C@H]3[C@@H]4CC[C@@H]5CC(NC(=O)CC(=O)NCN(C)C)CC[C@]5(C)[C@H]4CC[C@]3(C)[C@H]1[C@@H]2C. The zero-order chi connectivity index (χ0) is 28.4. The van der Waals surface area contributed by atoms with Crippen molar-refractivity contribution in [2.45, 2.75) is 116 Å². The number of nitrogens with one attached hydrogen (secondary N) is 3. The second kappa shape index (κ2) is 10.5. The molecule has 6 fully saturated rings. The van der Waals surface area contributed by atoms with Gasteiger partial charge in [-0.3, -0.25) is 19.8 Å². The number of fused-ring (bicyclic) bond motifs is 7. The van der Waals surface area contributed by atoms with E-state index in [1.165, 1.54) is 51.4 Å². The Morgan fingerprint density at radius 1 is 0.925 bits per heavy atom. The van der Waals surface area contributed by atoms with Crippen LogP contribution in [0.2, 0.25) is 0 Å². The first-order valence-electron chi connectivity index (χ1n) is 16.6. The normalized spacial score (nSPS) is 49.6. The van der Waals surface area contributed by atoms with Gasteiger partial charge in [-0.05, 0) is 125 Å². The van der Waals surface area contributed by atoms with Gasteiger partial charge in [0.15, 0.2) is 0 Å². The molecule has 226 valence electrons. The summed E-state index contributed by atoms with van der Waals surface area (Å²) in [6.07, 6.45) is 12.7. The molecular formula is C33H56N4O3. The fraction of sp³-hybridized carbons (Fsp3) is 0.939. The highest BCUT2D eigenvalue weighted by atomic mass is 16.5. The summed E-state index contributed by atoms with van der Waals surface area (Å²) < 4.78 is 7.07. The lowest BCUT2D eigenvalue weighted by molar-refractivity contribution is -0.137. The molecule has 7 heteroatoms. The Labute approximate surface area is 242 Å². The van der Waals surface area contributed by atoms with E-state index >= 15 is 0 Å². The number of carbonyl (C=O) groups is 2. The lowest BCUT2D eigenvalue weighted by Crippen LogP contribution is -2.58. The van der Waals surface area contributed by atoms with Crippen molar-refractivity contribution in [3.05, 3.63) is 0 Å². The zero-order valence-electron chi connectivity index (χ0n) is 26.1. The molecule has 6 rings (SSSR count). The van der Waals surface area contributed by atoms with Crippen molar-refractivity contribution in [3.8, 4) is 0 Å². The Balaban J connectivity index is 1.08. The molecule has 6 aliphatic rings. The molecule has 1 unspecified atom stereocenters. The molecule has 2 amide bonds.